The molecule has 6 heteroatoms. The number of aliphatic hydroxyl groups is 1. The zero-order valence-electron chi connectivity index (χ0n) is 9.86. The fraction of sp³-hybridized carbons (Fsp3) is 0.636. The molecule has 0 bridgehead atoms. The molecule has 0 amide bonds. The van der Waals surface area contributed by atoms with Gasteiger partial charge in [0, 0.05) is 18.2 Å². The van der Waals surface area contributed by atoms with Crippen LogP contribution in [0, 0.1) is 0 Å². The van der Waals surface area contributed by atoms with Gasteiger partial charge in [-0.2, -0.15) is 0 Å². The molecule has 0 aliphatic carbocycles. The average molecular weight is 257 g/mol. The van der Waals surface area contributed by atoms with Crippen LogP contribution in [0.2, 0.25) is 5.15 Å². The fourth-order valence-corrected chi connectivity index (χ4v) is 2.29. The van der Waals surface area contributed by atoms with E-state index >= 15 is 0 Å². The predicted octanol–water partition coefficient (Wildman–Crippen LogP) is 1.13. The molecule has 0 radical (unpaired) electrons. The lowest BCUT2D eigenvalue weighted by atomic mass is 10.1. The number of likely N-dealkylation sites (tertiary alicyclic amines) is 1. The Balaban J connectivity index is 2.07. The first-order valence-corrected chi connectivity index (χ1v) is 6.15. The molecule has 0 unspecified atom stereocenters. The summed E-state index contributed by atoms with van der Waals surface area (Å²) in [6, 6.07) is 2.00. The lowest BCUT2D eigenvalue weighted by Gasteiger charge is -2.30. The minimum absolute atomic E-state index is 0.0832. The van der Waals surface area contributed by atoms with E-state index in [1.807, 2.05) is 0 Å². The van der Waals surface area contributed by atoms with E-state index in [1.165, 1.54) is 6.42 Å². The molecule has 1 aliphatic rings. The Morgan fingerprint density at radius 2 is 2.41 bits per heavy atom. The predicted molar refractivity (Wildman–Crippen MR) is 67.1 cm³/mol. The van der Waals surface area contributed by atoms with E-state index in [4.69, 9.17) is 11.6 Å². The van der Waals surface area contributed by atoms with Gasteiger partial charge in [0.05, 0.1) is 6.61 Å². The first kappa shape index (κ1) is 12.5. The van der Waals surface area contributed by atoms with Crippen LogP contribution in [-0.2, 0) is 6.61 Å². The van der Waals surface area contributed by atoms with Crippen molar-refractivity contribution in [3.8, 4) is 0 Å². The summed E-state index contributed by atoms with van der Waals surface area (Å²) in [5, 5.41) is 20.7. The molecular formula is C11H17ClN4O. The third-order valence-corrected chi connectivity index (χ3v) is 3.16. The second kappa shape index (κ2) is 5.62. The molecule has 2 heterocycles. The van der Waals surface area contributed by atoms with Gasteiger partial charge in [-0.05, 0) is 32.5 Å². The monoisotopic (exact) mass is 256 g/mol. The molecule has 1 aliphatic heterocycles. The molecule has 5 nitrogen and oxygen atoms in total. The van der Waals surface area contributed by atoms with Crippen LogP contribution >= 0.6 is 11.6 Å². The molecule has 0 saturated carbocycles. The highest BCUT2D eigenvalue weighted by molar-refractivity contribution is 6.29. The number of aromatic nitrogens is 2. The van der Waals surface area contributed by atoms with E-state index in [9.17, 15) is 5.11 Å². The molecule has 1 saturated heterocycles. The molecule has 94 valence electrons. The van der Waals surface area contributed by atoms with Crippen molar-refractivity contribution in [1.82, 2.24) is 15.1 Å². The number of halogens is 1. The second-order valence-electron chi connectivity index (χ2n) is 4.44. The van der Waals surface area contributed by atoms with Crippen molar-refractivity contribution in [2.24, 2.45) is 0 Å². The molecule has 0 spiro atoms. The summed E-state index contributed by atoms with van der Waals surface area (Å²) < 4.78 is 0. The topological polar surface area (TPSA) is 61.3 Å². The van der Waals surface area contributed by atoms with E-state index in [-0.39, 0.29) is 6.61 Å². The smallest absolute Gasteiger partial charge is 0.154 e. The van der Waals surface area contributed by atoms with Crippen molar-refractivity contribution in [2.45, 2.75) is 25.5 Å². The third-order valence-electron chi connectivity index (χ3n) is 2.98. The Morgan fingerprint density at radius 3 is 3.12 bits per heavy atom. The third kappa shape index (κ3) is 3.28. The first-order valence-electron chi connectivity index (χ1n) is 5.77. The summed E-state index contributed by atoms with van der Waals surface area (Å²) in [6.07, 6.45) is 2.28. The largest absolute Gasteiger partial charge is 0.392 e. The number of hydrogen-bond acceptors (Lipinski definition) is 5. The fourth-order valence-electron chi connectivity index (χ4n) is 2.12. The van der Waals surface area contributed by atoms with Crippen LogP contribution in [0.5, 0.6) is 0 Å². The van der Waals surface area contributed by atoms with Gasteiger partial charge in [-0.1, -0.05) is 11.6 Å². The number of anilines is 1. The van der Waals surface area contributed by atoms with Crippen LogP contribution in [0.1, 0.15) is 18.4 Å². The number of likely N-dealkylation sites (N-methyl/N-ethyl adjacent to an activating group) is 1. The van der Waals surface area contributed by atoms with Crippen LogP contribution in [0.4, 0.5) is 5.82 Å². The van der Waals surface area contributed by atoms with Crippen LogP contribution in [0.25, 0.3) is 0 Å². The Bertz CT molecular complexity index is 388. The van der Waals surface area contributed by atoms with Gasteiger partial charge in [-0.15, -0.1) is 10.2 Å². The van der Waals surface area contributed by atoms with Gasteiger partial charge in [0.2, 0.25) is 0 Å². The van der Waals surface area contributed by atoms with Crippen LogP contribution in [0.15, 0.2) is 6.07 Å². The Hall–Kier alpha value is -0.910. The van der Waals surface area contributed by atoms with Crippen molar-refractivity contribution in [1.29, 1.82) is 0 Å². The van der Waals surface area contributed by atoms with Gasteiger partial charge in [0.1, 0.15) is 0 Å². The van der Waals surface area contributed by atoms with Crippen LogP contribution in [-0.4, -0.2) is 46.4 Å². The van der Waals surface area contributed by atoms with Crippen molar-refractivity contribution < 1.29 is 5.11 Å². The zero-order chi connectivity index (χ0) is 12.3. The number of hydrogen-bond donors (Lipinski definition) is 2. The van der Waals surface area contributed by atoms with Gasteiger partial charge in [0.25, 0.3) is 0 Å². The SMILES string of the molecule is CN1CCC[C@@H](Nc2nnc(Cl)cc2CO)C1. The standard InChI is InChI=1S/C11H17ClN4O/c1-16-4-2-3-9(6-16)13-11-8(7-17)5-10(12)14-15-11/h5,9,17H,2-4,6-7H2,1H3,(H,13,15)/t9-/m1/s1. The summed E-state index contributed by atoms with van der Waals surface area (Å²) in [6.45, 7) is 2.03. The Morgan fingerprint density at radius 1 is 1.59 bits per heavy atom. The van der Waals surface area contributed by atoms with E-state index in [0.29, 0.717) is 22.6 Å². The van der Waals surface area contributed by atoms with Gasteiger partial charge in [-0.3, -0.25) is 0 Å². The van der Waals surface area contributed by atoms with E-state index < -0.39 is 0 Å². The first-order chi connectivity index (χ1) is 8.19. The lowest BCUT2D eigenvalue weighted by molar-refractivity contribution is 0.259. The zero-order valence-corrected chi connectivity index (χ0v) is 10.6. The van der Waals surface area contributed by atoms with Crippen LogP contribution in [0.3, 0.4) is 0 Å². The van der Waals surface area contributed by atoms with Crippen molar-refractivity contribution in [3.05, 3.63) is 16.8 Å². The summed E-state index contributed by atoms with van der Waals surface area (Å²) in [4.78, 5) is 2.28. The van der Waals surface area contributed by atoms with E-state index in [1.54, 1.807) is 6.07 Å². The number of nitrogens with zero attached hydrogens (tertiary/aromatic N) is 3. The molecule has 1 aromatic rings. The van der Waals surface area contributed by atoms with Gasteiger partial charge >= 0.3 is 0 Å². The quantitative estimate of drug-likeness (QED) is 0.849. The maximum atomic E-state index is 9.25. The summed E-state index contributed by atoms with van der Waals surface area (Å²) in [5.41, 5.74) is 0.693. The van der Waals surface area contributed by atoms with Gasteiger partial charge in [0.15, 0.2) is 11.0 Å². The average Bonchev–Trinajstić information content (AvgIpc) is 2.31. The van der Waals surface area contributed by atoms with Crippen molar-refractivity contribution in [2.75, 3.05) is 25.5 Å². The number of piperidine rings is 1. The Labute approximate surface area is 106 Å². The van der Waals surface area contributed by atoms with Gasteiger partial charge in [-0.25, -0.2) is 0 Å². The van der Waals surface area contributed by atoms with E-state index in [2.05, 4.69) is 27.5 Å². The van der Waals surface area contributed by atoms with E-state index in [0.717, 1.165) is 19.5 Å². The number of rotatable bonds is 3. The molecule has 1 aromatic heterocycles. The number of aliphatic hydroxyl groups excluding tert-OH is 1. The Kier molecular flexibility index (Phi) is 4.15. The summed E-state index contributed by atoms with van der Waals surface area (Å²) in [7, 11) is 2.11. The molecule has 2 rings (SSSR count). The molecule has 1 atom stereocenters. The number of nitrogens with one attached hydrogen (secondary N) is 1. The molecule has 1 fully saturated rings. The highest BCUT2D eigenvalue weighted by Crippen LogP contribution is 2.18. The summed E-state index contributed by atoms with van der Waals surface area (Å²) >= 11 is 5.74. The highest BCUT2D eigenvalue weighted by atomic mass is 35.5. The molecule has 2 N–H and O–H groups in total. The molecule has 17 heavy (non-hydrogen) atoms. The minimum Gasteiger partial charge on any atom is -0.392 e. The lowest BCUT2D eigenvalue weighted by Crippen LogP contribution is -2.40. The normalized spacial score (nSPS) is 21.5. The van der Waals surface area contributed by atoms with Crippen LogP contribution < -0.4 is 5.32 Å². The minimum atomic E-state index is -0.0832. The summed E-state index contributed by atoms with van der Waals surface area (Å²) in [5.74, 6) is 0.636. The molecular weight excluding hydrogens is 240 g/mol. The maximum Gasteiger partial charge on any atom is 0.154 e. The molecule has 0 aromatic carbocycles. The maximum absolute atomic E-state index is 9.25. The van der Waals surface area contributed by atoms with Gasteiger partial charge < -0.3 is 15.3 Å². The van der Waals surface area contributed by atoms with Crippen molar-refractivity contribution in [3.63, 3.8) is 0 Å². The highest BCUT2D eigenvalue weighted by Gasteiger charge is 2.18. The second-order valence-corrected chi connectivity index (χ2v) is 4.83. The van der Waals surface area contributed by atoms with Crippen molar-refractivity contribution >= 4 is 17.4 Å².